The van der Waals surface area contributed by atoms with Crippen LogP contribution in [0.3, 0.4) is 0 Å². The highest BCUT2D eigenvalue weighted by Crippen LogP contribution is 2.17. The molecule has 1 rings (SSSR count). The van der Waals surface area contributed by atoms with Crippen LogP contribution < -0.4 is 16.0 Å². The van der Waals surface area contributed by atoms with Crippen LogP contribution in [0.15, 0.2) is 0 Å². The number of amides is 2. The number of halogens is 3. The Labute approximate surface area is 98.3 Å². The van der Waals surface area contributed by atoms with E-state index in [1.165, 1.54) is 0 Å². The van der Waals surface area contributed by atoms with Crippen LogP contribution >= 0.6 is 0 Å². The van der Waals surface area contributed by atoms with Gasteiger partial charge in [0, 0.05) is 6.54 Å². The van der Waals surface area contributed by atoms with Crippen LogP contribution in [-0.4, -0.2) is 38.4 Å². The SMILES string of the molecule is CC1CNCCC1CNC(=O)NCC(F)(F)F. The number of hydrogen-bond acceptors (Lipinski definition) is 2. The highest BCUT2D eigenvalue weighted by atomic mass is 19.4. The van der Waals surface area contributed by atoms with E-state index < -0.39 is 18.8 Å². The third-order valence-corrected chi connectivity index (χ3v) is 2.94. The molecule has 1 heterocycles. The minimum Gasteiger partial charge on any atom is -0.338 e. The molecule has 0 aromatic rings. The molecular weight excluding hydrogens is 235 g/mol. The van der Waals surface area contributed by atoms with Gasteiger partial charge in [-0.15, -0.1) is 0 Å². The smallest absolute Gasteiger partial charge is 0.338 e. The summed E-state index contributed by atoms with van der Waals surface area (Å²) in [7, 11) is 0. The molecule has 0 spiro atoms. The van der Waals surface area contributed by atoms with E-state index >= 15 is 0 Å². The van der Waals surface area contributed by atoms with Crippen LogP contribution in [-0.2, 0) is 0 Å². The average Bonchev–Trinajstić information content (AvgIpc) is 2.24. The number of rotatable bonds is 3. The monoisotopic (exact) mass is 253 g/mol. The number of nitrogens with one attached hydrogen (secondary N) is 3. The Hall–Kier alpha value is -0.980. The first-order valence-electron chi connectivity index (χ1n) is 5.67. The van der Waals surface area contributed by atoms with Crippen molar-refractivity contribution in [1.29, 1.82) is 0 Å². The van der Waals surface area contributed by atoms with Gasteiger partial charge in [-0.05, 0) is 31.3 Å². The molecule has 0 saturated carbocycles. The molecule has 0 radical (unpaired) electrons. The predicted octanol–water partition coefficient (Wildman–Crippen LogP) is 1.09. The van der Waals surface area contributed by atoms with Gasteiger partial charge in [-0.1, -0.05) is 6.92 Å². The van der Waals surface area contributed by atoms with Crippen molar-refractivity contribution in [3.63, 3.8) is 0 Å². The summed E-state index contributed by atoms with van der Waals surface area (Å²) < 4.78 is 35.5. The van der Waals surface area contributed by atoms with Crippen LogP contribution in [0.1, 0.15) is 13.3 Å². The summed E-state index contributed by atoms with van der Waals surface area (Å²) in [5.41, 5.74) is 0. The molecule has 0 aliphatic carbocycles. The Bertz CT molecular complexity index is 258. The Morgan fingerprint density at radius 2 is 2.12 bits per heavy atom. The molecule has 1 aliphatic heterocycles. The molecule has 2 amide bonds. The summed E-state index contributed by atoms with van der Waals surface area (Å²) in [5.74, 6) is 0.750. The summed E-state index contributed by atoms with van der Waals surface area (Å²) in [6.45, 7) is 2.97. The lowest BCUT2D eigenvalue weighted by molar-refractivity contribution is -0.122. The molecule has 2 unspecified atom stereocenters. The van der Waals surface area contributed by atoms with Gasteiger partial charge in [0.15, 0.2) is 0 Å². The zero-order valence-electron chi connectivity index (χ0n) is 9.73. The van der Waals surface area contributed by atoms with Crippen LogP contribution in [0.2, 0.25) is 0 Å². The van der Waals surface area contributed by atoms with Crippen LogP contribution in [0.4, 0.5) is 18.0 Å². The van der Waals surface area contributed by atoms with E-state index in [1.807, 2.05) is 0 Å². The lowest BCUT2D eigenvalue weighted by Gasteiger charge is -2.29. The molecule has 7 heteroatoms. The fourth-order valence-corrected chi connectivity index (χ4v) is 1.84. The van der Waals surface area contributed by atoms with E-state index in [2.05, 4.69) is 17.6 Å². The zero-order chi connectivity index (χ0) is 12.9. The van der Waals surface area contributed by atoms with E-state index in [4.69, 9.17) is 0 Å². The first-order valence-corrected chi connectivity index (χ1v) is 5.67. The van der Waals surface area contributed by atoms with Crippen molar-refractivity contribution in [3.05, 3.63) is 0 Å². The third kappa shape index (κ3) is 5.76. The van der Waals surface area contributed by atoms with Gasteiger partial charge in [0.2, 0.25) is 0 Å². The van der Waals surface area contributed by atoms with E-state index in [0.717, 1.165) is 19.5 Å². The Morgan fingerprint density at radius 3 is 2.71 bits per heavy atom. The highest BCUT2D eigenvalue weighted by Gasteiger charge is 2.28. The molecule has 0 aromatic carbocycles. The molecule has 0 bridgehead atoms. The van der Waals surface area contributed by atoms with Crippen molar-refractivity contribution < 1.29 is 18.0 Å². The van der Waals surface area contributed by atoms with E-state index in [0.29, 0.717) is 18.4 Å². The number of hydrogen-bond donors (Lipinski definition) is 3. The van der Waals surface area contributed by atoms with Gasteiger partial charge in [0.05, 0.1) is 0 Å². The molecule has 4 nitrogen and oxygen atoms in total. The van der Waals surface area contributed by atoms with Gasteiger partial charge in [0.25, 0.3) is 0 Å². The van der Waals surface area contributed by atoms with Crippen molar-refractivity contribution in [2.45, 2.75) is 19.5 Å². The predicted molar refractivity (Wildman–Crippen MR) is 57.6 cm³/mol. The fourth-order valence-electron chi connectivity index (χ4n) is 1.84. The molecule has 100 valence electrons. The van der Waals surface area contributed by atoms with Crippen LogP contribution in [0.5, 0.6) is 0 Å². The van der Waals surface area contributed by atoms with Gasteiger partial charge < -0.3 is 16.0 Å². The maximum absolute atomic E-state index is 11.8. The Kier molecular flexibility index (Phi) is 5.04. The maximum atomic E-state index is 11.8. The third-order valence-electron chi connectivity index (χ3n) is 2.94. The Morgan fingerprint density at radius 1 is 1.41 bits per heavy atom. The summed E-state index contributed by atoms with van der Waals surface area (Å²) in [6.07, 6.45) is -3.43. The second-order valence-electron chi connectivity index (χ2n) is 4.41. The van der Waals surface area contributed by atoms with E-state index in [-0.39, 0.29) is 0 Å². The number of urea groups is 1. The van der Waals surface area contributed by atoms with Crippen molar-refractivity contribution in [1.82, 2.24) is 16.0 Å². The quantitative estimate of drug-likeness (QED) is 0.705. The zero-order valence-corrected chi connectivity index (χ0v) is 9.73. The van der Waals surface area contributed by atoms with Gasteiger partial charge in [-0.3, -0.25) is 0 Å². The standard InChI is InChI=1S/C10H18F3N3O/c1-7-4-14-3-2-8(7)5-15-9(17)16-6-10(11,12)13/h7-8,14H,2-6H2,1H3,(H2,15,16,17). The summed E-state index contributed by atoms with van der Waals surface area (Å²) in [5, 5.41) is 7.48. The molecular formula is C10H18F3N3O. The Balaban J connectivity index is 2.19. The van der Waals surface area contributed by atoms with Crippen molar-refractivity contribution in [2.24, 2.45) is 11.8 Å². The molecule has 1 aliphatic rings. The molecule has 0 aromatic heterocycles. The molecule has 2 atom stereocenters. The molecule has 3 N–H and O–H groups in total. The van der Waals surface area contributed by atoms with Crippen LogP contribution in [0, 0.1) is 11.8 Å². The highest BCUT2D eigenvalue weighted by molar-refractivity contribution is 5.73. The van der Waals surface area contributed by atoms with Crippen molar-refractivity contribution in [3.8, 4) is 0 Å². The number of carbonyl (C=O) groups is 1. The van der Waals surface area contributed by atoms with E-state index in [1.54, 1.807) is 5.32 Å². The summed E-state index contributed by atoms with van der Waals surface area (Å²) in [6, 6.07) is -0.756. The topological polar surface area (TPSA) is 53.2 Å². The van der Waals surface area contributed by atoms with Gasteiger partial charge >= 0.3 is 12.2 Å². The maximum Gasteiger partial charge on any atom is 0.405 e. The second-order valence-corrected chi connectivity index (χ2v) is 4.41. The van der Waals surface area contributed by atoms with Crippen LogP contribution in [0.25, 0.3) is 0 Å². The van der Waals surface area contributed by atoms with Crippen molar-refractivity contribution in [2.75, 3.05) is 26.2 Å². The largest absolute Gasteiger partial charge is 0.405 e. The molecule has 17 heavy (non-hydrogen) atoms. The average molecular weight is 253 g/mol. The number of piperidine rings is 1. The van der Waals surface area contributed by atoms with Gasteiger partial charge in [0.1, 0.15) is 6.54 Å². The second kappa shape index (κ2) is 6.09. The normalized spacial score (nSPS) is 25.4. The lowest BCUT2D eigenvalue weighted by atomic mass is 9.88. The first-order chi connectivity index (χ1) is 7.88. The number of carbonyl (C=O) groups excluding carboxylic acids is 1. The van der Waals surface area contributed by atoms with E-state index in [9.17, 15) is 18.0 Å². The lowest BCUT2D eigenvalue weighted by Crippen LogP contribution is -2.45. The summed E-state index contributed by atoms with van der Waals surface area (Å²) >= 11 is 0. The minimum absolute atomic E-state index is 0.327. The molecule has 1 saturated heterocycles. The first kappa shape index (κ1) is 14.1. The van der Waals surface area contributed by atoms with Crippen molar-refractivity contribution >= 4 is 6.03 Å². The number of alkyl halides is 3. The molecule has 1 fully saturated rings. The summed E-state index contributed by atoms with van der Waals surface area (Å²) in [4.78, 5) is 11.1. The van der Waals surface area contributed by atoms with Gasteiger partial charge in [-0.25, -0.2) is 4.79 Å². The minimum atomic E-state index is -4.36. The van der Waals surface area contributed by atoms with Gasteiger partial charge in [-0.2, -0.15) is 13.2 Å². The fraction of sp³-hybridized carbons (Fsp3) is 0.900.